The first-order chi connectivity index (χ1) is 12.9. The SMILES string of the molecule is CC(=O)c1cc(C(=O)N2CC3OCCN(Cc4c(C)noc4C)C3C2)[nH]n1. The van der Waals surface area contributed by atoms with Crippen LogP contribution in [0.15, 0.2) is 10.6 Å². The van der Waals surface area contributed by atoms with Crippen LogP contribution in [-0.2, 0) is 11.3 Å². The number of hydrogen-bond acceptors (Lipinski definition) is 7. The molecule has 4 heterocycles. The van der Waals surface area contributed by atoms with Crippen LogP contribution < -0.4 is 0 Å². The standard InChI is InChI=1S/C18H23N5O4/c1-10-13(12(3)27-21-10)7-22-4-5-26-17-9-23(8-16(17)22)18(25)15-6-14(11(2)24)19-20-15/h6,16-17H,4-5,7-9H2,1-3H3,(H,19,20). The van der Waals surface area contributed by atoms with E-state index in [1.165, 1.54) is 13.0 Å². The van der Waals surface area contributed by atoms with Crippen molar-refractivity contribution in [2.24, 2.45) is 0 Å². The Bertz CT molecular complexity index is 853. The van der Waals surface area contributed by atoms with Crippen LogP contribution >= 0.6 is 0 Å². The third-order valence-electron chi connectivity index (χ3n) is 5.41. The number of H-pyrrole nitrogens is 1. The highest BCUT2D eigenvalue weighted by Crippen LogP contribution is 2.27. The minimum Gasteiger partial charge on any atom is -0.373 e. The monoisotopic (exact) mass is 373 g/mol. The molecule has 2 aromatic heterocycles. The van der Waals surface area contributed by atoms with Gasteiger partial charge in [0.25, 0.3) is 5.91 Å². The Hall–Kier alpha value is -2.52. The number of rotatable bonds is 4. The molecule has 2 aliphatic heterocycles. The van der Waals surface area contributed by atoms with Crippen LogP contribution in [0.25, 0.3) is 0 Å². The van der Waals surface area contributed by atoms with Gasteiger partial charge in [-0.2, -0.15) is 5.10 Å². The number of ketones is 1. The van der Waals surface area contributed by atoms with Crippen LogP contribution in [0.3, 0.4) is 0 Å². The zero-order valence-electron chi connectivity index (χ0n) is 15.7. The first kappa shape index (κ1) is 17.9. The van der Waals surface area contributed by atoms with E-state index in [1.807, 2.05) is 13.8 Å². The van der Waals surface area contributed by atoms with Crippen LogP contribution in [0.1, 0.15) is 44.9 Å². The molecule has 4 rings (SSSR count). The number of morpholine rings is 1. The van der Waals surface area contributed by atoms with E-state index in [1.54, 1.807) is 4.90 Å². The number of hydrogen-bond donors (Lipinski definition) is 1. The summed E-state index contributed by atoms with van der Waals surface area (Å²) in [6, 6.07) is 1.63. The van der Waals surface area contributed by atoms with Crippen molar-refractivity contribution in [3.63, 3.8) is 0 Å². The first-order valence-electron chi connectivity index (χ1n) is 9.07. The van der Waals surface area contributed by atoms with E-state index in [4.69, 9.17) is 9.26 Å². The largest absolute Gasteiger partial charge is 0.373 e. The van der Waals surface area contributed by atoms with Crippen LogP contribution in [0.2, 0.25) is 0 Å². The lowest BCUT2D eigenvalue weighted by molar-refractivity contribution is -0.0505. The molecular weight excluding hydrogens is 350 g/mol. The molecule has 0 saturated carbocycles. The van der Waals surface area contributed by atoms with Gasteiger partial charge in [-0.3, -0.25) is 19.6 Å². The summed E-state index contributed by atoms with van der Waals surface area (Å²) in [6.07, 6.45) is -0.0293. The zero-order valence-corrected chi connectivity index (χ0v) is 15.7. The van der Waals surface area contributed by atoms with Gasteiger partial charge in [-0.15, -0.1) is 0 Å². The number of Topliss-reactive ketones (excluding diaryl/α,β-unsaturated/α-hetero) is 1. The van der Waals surface area contributed by atoms with Gasteiger partial charge in [0.05, 0.1) is 24.4 Å². The number of aromatic nitrogens is 3. The van der Waals surface area contributed by atoms with Crippen LogP contribution in [0, 0.1) is 13.8 Å². The number of carbonyl (C=O) groups excluding carboxylic acids is 2. The fraction of sp³-hybridized carbons (Fsp3) is 0.556. The van der Waals surface area contributed by atoms with Crippen molar-refractivity contribution in [1.29, 1.82) is 0 Å². The molecule has 0 spiro atoms. The highest BCUT2D eigenvalue weighted by molar-refractivity contribution is 5.97. The van der Waals surface area contributed by atoms with Crippen molar-refractivity contribution in [2.75, 3.05) is 26.2 Å². The highest BCUT2D eigenvalue weighted by atomic mass is 16.5. The average molecular weight is 373 g/mol. The normalized spacial score (nSPS) is 22.9. The molecule has 2 fully saturated rings. The van der Waals surface area contributed by atoms with Crippen LogP contribution in [0.4, 0.5) is 0 Å². The molecule has 0 aliphatic carbocycles. The van der Waals surface area contributed by atoms with E-state index >= 15 is 0 Å². The molecule has 2 aliphatic rings. The molecule has 9 nitrogen and oxygen atoms in total. The van der Waals surface area contributed by atoms with Crippen molar-refractivity contribution in [2.45, 2.75) is 39.5 Å². The lowest BCUT2D eigenvalue weighted by Gasteiger charge is -2.36. The Morgan fingerprint density at radius 1 is 1.33 bits per heavy atom. The summed E-state index contributed by atoms with van der Waals surface area (Å²) in [6.45, 7) is 8.54. The molecule has 144 valence electrons. The maximum Gasteiger partial charge on any atom is 0.272 e. The summed E-state index contributed by atoms with van der Waals surface area (Å²) in [7, 11) is 0. The predicted molar refractivity (Wildman–Crippen MR) is 94.4 cm³/mol. The Morgan fingerprint density at radius 2 is 2.15 bits per heavy atom. The second kappa shape index (κ2) is 6.90. The number of likely N-dealkylation sites (tertiary alicyclic amines) is 1. The number of fused-ring (bicyclic) bond motifs is 1. The predicted octanol–water partition coefficient (Wildman–Crippen LogP) is 0.943. The van der Waals surface area contributed by atoms with E-state index in [0.717, 1.165) is 30.1 Å². The molecule has 2 unspecified atom stereocenters. The molecule has 27 heavy (non-hydrogen) atoms. The van der Waals surface area contributed by atoms with E-state index in [2.05, 4.69) is 20.3 Å². The van der Waals surface area contributed by atoms with Gasteiger partial charge >= 0.3 is 0 Å². The van der Waals surface area contributed by atoms with Gasteiger partial charge in [0.1, 0.15) is 17.1 Å². The molecule has 1 N–H and O–H groups in total. The Balaban J connectivity index is 1.48. The minimum atomic E-state index is -0.172. The van der Waals surface area contributed by atoms with Crippen LogP contribution in [-0.4, -0.2) is 75.2 Å². The van der Waals surface area contributed by atoms with Crippen molar-refractivity contribution in [1.82, 2.24) is 25.2 Å². The summed E-state index contributed by atoms with van der Waals surface area (Å²) in [5.74, 6) is 0.496. The van der Waals surface area contributed by atoms with Gasteiger partial charge in [0.2, 0.25) is 0 Å². The van der Waals surface area contributed by atoms with Gasteiger partial charge in [0, 0.05) is 38.7 Å². The number of nitrogens with one attached hydrogen (secondary N) is 1. The quantitative estimate of drug-likeness (QED) is 0.795. The molecule has 0 bridgehead atoms. The van der Waals surface area contributed by atoms with E-state index in [0.29, 0.717) is 25.4 Å². The van der Waals surface area contributed by atoms with Crippen LogP contribution in [0.5, 0.6) is 0 Å². The molecule has 9 heteroatoms. The second-order valence-corrected chi connectivity index (χ2v) is 7.18. The molecule has 0 radical (unpaired) electrons. The first-order valence-corrected chi connectivity index (χ1v) is 9.07. The summed E-state index contributed by atoms with van der Waals surface area (Å²) in [5, 5.41) is 10.6. The fourth-order valence-corrected chi connectivity index (χ4v) is 3.83. The number of aryl methyl sites for hydroxylation is 2. The third-order valence-corrected chi connectivity index (χ3v) is 5.41. The lowest BCUT2D eigenvalue weighted by atomic mass is 10.1. The van der Waals surface area contributed by atoms with Crippen molar-refractivity contribution in [3.05, 3.63) is 34.5 Å². The fourth-order valence-electron chi connectivity index (χ4n) is 3.83. The van der Waals surface area contributed by atoms with Gasteiger partial charge in [0.15, 0.2) is 5.78 Å². The average Bonchev–Trinajstić information content (AvgIpc) is 3.36. The minimum absolute atomic E-state index is 0.0293. The topological polar surface area (TPSA) is 105 Å². The number of aromatic amines is 1. The molecule has 2 saturated heterocycles. The van der Waals surface area contributed by atoms with E-state index < -0.39 is 0 Å². The highest BCUT2D eigenvalue weighted by Gasteiger charge is 2.42. The van der Waals surface area contributed by atoms with Crippen molar-refractivity contribution >= 4 is 11.7 Å². The Labute approximate surface area is 156 Å². The number of nitrogens with zero attached hydrogens (tertiary/aromatic N) is 4. The van der Waals surface area contributed by atoms with Gasteiger partial charge < -0.3 is 14.2 Å². The number of ether oxygens (including phenoxy) is 1. The third kappa shape index (κ3) is 3.28. The van der Waals surface area contributed by atoms with Crippen molar-refractivity contribution < 1.29 is 18.8 Å². The molecule has 2 atom stereocenters. The Kier molecular flexibility index (Phi) is 4.56. The molecule has 2 aromatic rings. The van der Waals surface area contributed by atoms with Gasteiger partial charge in [-0.1, -0.05) is 5.16 Å². The molecule has 1 amide bonds. The van der Waals surface area contributed by atoms with Gasteiger partial charge in [-0.25, -0.2) is 0 Å². The van der Waals surface area contributed by atoms with Gasteiger partial charge in [-0.05, 0) is 19.9 Å². The smallest absolute Gasteiger partial charge is 0.272 e. The summed E-state index contributed by atoms with van der Waals surface area (Å²) < 4.78 is 11.2. The Morgan fingerprint density at radius 3 is 2.81 bits per heavy atom. The number of amides is 1. The number of carbonyl (C=O) groups is 2. The second-order valence-electron chi connectivity index (χ2n) is 7.18. The maximum atomic E-state index is 12.8. The van der Waals surface area contributed by atoms with Crippen molar-refractivity contribution in [3.8, 4) is 0 Å². The maximum absolute atomic E-state index is 12.8. The lowest BCUT2D eigenvalue weighted by Crippen LogP contribution is -2.50. The summed E-state index contributed by atoms with van der Waals surface area (Å²) in [5.41, 5.74) is 2.60. The summed E-state index contributed by atoms with van der Waals surface area (Å²) in [4.78, 5) is 28.3. The van der Waals surface area contributed by atoms with E-state index in [-0.39, 0.29) is 29.5 Å². The molecular formula is C18H23N5O4. The zero-order chi connectivity index (χ0) is 19.1. The molecule has 0 aromatic carbocycles. The van der Waals surface area contributed by atoms with E-state index in [9.17, 15) is 9.59 Å². The summed E-state index contributed by atoms with van der Waals surface area (Å²) >= 11 is 0.